The molecule has 9 heteroatoms. The van der Waals surface area contributed by atoms with Gasteiger partial charge in [0.15, 0.2) is 0 Å². The molecule has 0 unspecified atom stereocenters. The van der Waals surface area contributed by atoms with E-state index in [0.717, 1.165) is 4.31 Å². The SMILES string of the molecule is CN(c1cccc(Cl)c1)S(=O)(=O)c1cccc(C(=O)Nc2ccccc2-n2cccn2)c1. The van der Waals surface area contributed by atoms with Gasteiger partial charge in [0, 0.05) is 30.0 Å². The second-order valence-electron chi connectivity index (χ2n) is 6.90. The number of benzene rings is 3. The zero-order chi connectivity index (χ0) is 22.7. The van der Waals surface area contributed by atoms with Crippen LogP contribution in [0.15, 0.2) is 96.2 Å². The van der Waals surface area contributed by atoms with E-state index in [0.29, 0.717) is 22.1 Å². The summed E-state index contributed by atoms with van der Waals surface area (Å²) in [5.74, 6) is -0.438. The molecule has 0 aliphatic rings. The van der Waals surface area contributed by atoms with E-state index in [9.17, 15) is 13.2 Å². The summed E-state index contributed by atoms with van der Waals surface area (Å²) in [6, 6.07) is 21.4. The van der Waals surface area contributed by atoms with Gasteiger partial charge in [-0.1, -0.05) is 35.9 Å². The van der Waals surface area contributed by atoms with Crippen molar-refractivity contribution in [1.82, 2.24) is 9.78 Å². The maximum Gasteiger partial charge on any atom is 0.264 e. The first-order chi connectivity index (χ1) is 15.4. The number of anilines is 2. The molecule has 0 saturated carbocycles. The zero-order valence-corrected chi connectivity index (χ0v) is 18.6. The minimum atomic E-state index is -3.90. The first-order valence-corrected chi connectivity index (χ1v) is 11.4. The molecule has 4 rings (SSSR count). The lowest BCUT2D eigenvalue weighted by Crippen LogP contribution is -2.27. The number of sulfonamides is 1. The predicted octanol–water partition coefficient (Wildman–Crippen LogP) is 4.60. The van der Waals surface area contributed by atoms with Crippen LogP contribution in [-0.2, 0) is 10.0 Å². The van der Waals surface area contributed by atoms with Crippen LogP contribution in [0.1, 0.15) is 10.4 Å². The summed E-state index contributed by atoms with van der Waals surface area (Å²) in [7, 11) is -2.46. The van der Waals surface area contributed by atoms with Crippen molar-refractivity contribution in [3.8, 4) is 5.69 Å². The number of halogens is 1. The van der Waals surface area contributed by atoms with Gasteiger partial charge >= 0.3 is 0 Å². The summed E-state index contributed by atoms with van der Waals surface area (Å²) in [5.41, 5.74) is 1.86. The van der Waals surface area contributed by atoms with Crippen LogP contribution >= 0.6 is 11.6 Å². The van der Waals surface area contributed by atoms with Crippen LogP contribution in [0.2, 0.25) is 5.02 Å². The molecule has 0 atom stereocenters. The van der Waals surface area contributed by atoms with E-state index in [1.807, 2.05) is 12.1 Å². The molecule has 0 spiro atoms. The zero-order valence-electron chi connectivity index (χ0n) is 17.0. The number of hydrogen-bond acceptors (Lipinski definition) is 4. The van der Waals surface area contributed by atoms with Gasteiger partial charge in [-0.05, 0) is 54.6 Å². The monoisotopic (exact) mass is 466 g/mol. The highest BCUT2D eigenvalue weighted by Gasteiger charge is 2.23. The Balaban J connectivity index is 1.62. The molecule has 162 valence electrons. The van der Waals surface area contributed by atoms with Crippen LogP contribution in [0.4, 0.5) is 11.4 Å². The third-order valence-corrected chi connectivity index (χ3v) is 6.85. The number of amides is 1. The van der Waals surface area contributed by atoms with E-state index >= 15 is 0 Å². The fourth-order valence-electron chi connectivity index (χ4n) is 3.15. The number of aromatic nitrogens is 2. The summed E-state index contributed by atoms with van der Waals surface area (Å²) in [6.07, 6.45) is 3.41. The Labute approximate surface area is 190 Å². The van der Waals surface area contributed by atoms with Crippen molar-refractivity contribution in [2.45, 2.75) is 4.90 Å². The predicted molar refractivity (Wildman–Crippen MR) is 125 cm³/mol. The van der Waals surface area contributed by atoms with E-state index in [1.165, 1.54) is 25.2 Å². The van der Waals surface area contributed by atoms with E-state index in [1.54, 1.807) is 65.6 Å². The number of nitrogens with one attached hydrogen (secondary N) is 1. The summed E-state index contributed by atoms with van der Waals surface area (Å²) >= 11 is 6.00. The maximum atomic E-state index is 13.1. The van der Waals surface area contributed by atoms with Gasteiger partial charge in [0.1, 0.15) is 0 Å². The average Bonchev–Trinajstić information content (AvgIpc) is 3.34. The van der Waals surface area contributed by atoms with Crippen LogP contribution in [-0.4, -0.2) is 31.2 Å². The van der Waals surface area contributed by atoms with E-state index in [4.69, 9.17) is 11.6 Å². The van der Waals surface area contributed by atoms with Crippen molar-refractivity contribution in [2.24, 2.45) is 0 Å². The van der Waals surface area contributed by atoms with Crippen molar-refractivity contribution in [3.63, 3.8) is 0 Å². The molecule has 0 saturated heterocycles. The van der Waals surface area contributed by atoms with Gasteiger partial charge in [-0.15, -0.1) is 0 Å². The Morgan fingerprint density at radius 2 is 1.78 bits per heavy atom. The molecular weight excluding hydrogens is 448 g/mol. The lowest BCUT2D eigenvalue weighted by Gasteiger charge is -2.20. The van der Waals surface area contributed by atoms with Crippen molar-refractivity contribution >= 4 is 38.9 Å². The molecule has 0 fully saturated rings. The molecule has 1 aromatic heterocycles. The summed E-state index contributed by atoms with van der Waals surface area (Å²) in [4.78, 5) is 12.9. The molecule has 0 aliphatic heterocycles. The normalized spacial score (nSPS) is 11.2. The Morgan fingerprint density at radius 1 is 1.00 bits per heavy atom. The third kappa shape index (κ3) is 4.37. The van der Waals surface area contributed by atoms with Crippen LogP contribution in [0.5, 0.6) is 0 Å². The second kappa shape index (κ2) is 8.86. The number of nitrogens with zero attached hydrogens (tertiary/aromatic N) is 3. The van der Waals surface area contributed by atoms with E-state index in [-0.39, 0.29) is 10.5 Å². The van der Waals surface area contributed by atoms with Crippen LogP contribution < -0.4 is 9.62 Å². The molecule has 7 nitrogen and oxygen atoms in total. The highest BCUT2D eigenvalue weighted by Crippen LogP contribution is 2.26. The number of para-hydroxylation sites is 2. The Hall–Kier alpha value is -3.62. The maximum absolute atomic E-state index is 13.1. The van der Waals surface area contributed by atoms with Crippen LogP contribution in [0.25, 0.3) is 5.69 Å². The standard InChI is InChI=1S/C23H19ClN4O3S/c1-27(19-9-5-8-18(24)16-19)32(30,31)20-10-4-7-17(15-20)23(29)26-21-11-2-3-12-22(21)28-14-6-13-25-28/h2-16H,1H3,(H,26,29). The Morgan fingerprint density at radius 3 is 2.53 bits per heavy atom. The highest BCUT2D eigenvalue weighted by atomic mass is 35.5. The number of carbonyl (C=O) groups excluding carboxylic acids is 1. The largest absolute Gasteiger partial charge is 0.320 e. The van der Waals surface area contributed by atoms with Gasteiger partial charge in [-0.2, -0.15) is 5.10 Å². The number of carbonyl (C=O) groups is 1. The van der Waals surface area contributed by atoms with Crippen molar-refractivity contribution < 1.29 is 13.2 Å². The van der Waals surface area contributed by atoms with Gasteiger partial charge in [-0.25, -0.2) is 13.1 Å². The van der Waals surface area contributed by atoms with Gasteiger partial charge in [0.2, 0.25) is 0 Å². The Bertz CT molecular complexity index is 1370. The minimum Gasteiger partial charge on any atom is -0.320 e. The molecule has 1 N–H and O–H groups in total. The first kappa shape index (κ1) is 21.6. The molecule has 1 amide bonds. The third-order valence-electron chi connectivity index (χ3n) is 4.83. The van der Waals surface area contributed by atoms with Crippen molar-refractivity contribution in [1.29, 1.82) is 0 Å². The smallest absolute Gasteiger partial charge is 0.264 e. The average molecular weight is 467 g/mol. The molecule has 0 bridgehead atoms. The molecule has 0 radical (unpaired) electrons. The topological polar surface area (TPSA) is 84.3 Å². The number of hydrogen-bond donors (Lipinski definition) is 1. The highest BCUT2D eigenvalue weighted by molar-refractivity contribution is 7.92. The quantitative estimate of drug-likeness (QED) is 0.450. The van der Waals surface area contributed by atoms with Gasteiger partial charge in [0.25, 0.3) is 15.9 Å². The van der Waals surface area contributed by atoms with Crippen molar-refractivity contribution in [3.05, 3.63) is 102 Å². The Kier molecular flexibility index (Phi) is 5.98. The minimum absolute atomic E-state index is 0.00649. The molecular formula is C23H19ClN4O3S. The molecule has 0 aliphatic carbocycles. The first-order valence-electron chi connectivity index (χ1n) is 9.61. The fourth-order valence-corrected chi connectivity index (χ4v) is 4.57. The molecule has 4 aromatic rings. The lowest BCUT2D eigenvalue weighted by atomic mass is 10.2. The van der Waals surface area contributed by atoms with E-state index < -0.39 is 15.9 Å². The molecule has 3 aromatic carbocycles. The summed E-state index contributed by atoms with van der Waals surface area (Å²) in [6.45, 7) is 0. The molecule has 1 heterocycles. The number of rotatable bonds is 6. The van der Waals surface area contributed by atoms with Gasteiger partial charge in [0.05, 0.1) is 22.0 Å². The summed E-state index contributed by atoms with van der Waals surface area (Å²) < 4.78 is 29.0. The van der Waals surface area contributed by atoms with Crippen LogP contribution in [0.3, 0.4) is 0 Å². The van der Waals surface area contributed by atoms with E-state index in [2.05, 4.69) is 10.4 Å². The van der Waals surface area contributed by atoms with Crippen molar-refractivity contribution in [2.75, 3.05) is 16.7 Å². The lowest BCUT2D eigenvalue weighted by molar-refractivity contribution is 0.102. The van der Waals surface area contributed by atoms with Gasteiger partial charge < -0.3 is 5.32 Å². The van der Waals surface area contributed by atoms with Crippen LogP contribution in [0, 0.1) is 0 Å². The fraction of sp³-hybridized carbons (Fsp3) is 0.0435. The second-order valence-corrected chi connectivity index (χ2v) is 9.31. The molecule has 32 heavy (non-hydrogen) atoms. The summed E-state index contributed by atoms with van der Waals surface area (Å²) in [5, 5.41) is 7.46. The van der Waals surface area contributed by atoms with Gasteiger partial charge in [-0.3, -0.25) is 9.10 Å².